The molecule has 0 aromatic carbocycles. The van der Waals surface area contributed by atoms with E-state index in [1.165, 1.54) is 27.7 Å². The normalized spacial score (nSPS) is 24.6. The van der Waals surface area contributed by atoms with Crippen molar-refractivity contribution >= 4 is 167 Å². The standard InChI is InChI=1S/C64H102N18O26S4/c1-24(2)13-32-53(96)79-40-23-112-109-20-37(57(100)76-36(64(107)108)14-25(3)4)70-43(86)19-68-61(104)49(29(10)83)82-60(103)39(77-50(93)28(9)69-62(105)47(26(5)6)80-56(99)33(16-42(67)85)75-63(106)48(27(7)8)81-59(40)102)22-111-110-21-38(58(101)71-31(52(95)73-32)11-12-44(87)88)78-55(98)35(18-46(91)92)74-54(97)34(17-45(89)90)72-51(94)30(65)15-41(66)84/h24-40,47-49,83H,11-23,65H2,1-10H3,(H2,66,84)(H2,67,85)(H,68,104)(H,69,105)(H,70,86)(H,71,101)(H,72,94)(H,73,95)(H,74,97)(H,75,106)(H,76,100)(H,77,93)(H,78,98)(H,79,96)(H,80,99)(H,81,102)(H,82,103)(H,87,88)(H,89,90)(H,91,92)(H,107,108)/t28-,29+,30-,31-,32-,33-,34-,35-,36-,37-,38-,39-,40-,47?,48-,49-/m0/s1. The lowest BCUT2D eigenvalue weighted by atomic mass is 10.00. The topological polar surface area (TPSA) is 718 Å². The van der Waals surface area contributed by atoms with Crippen molar-refractivity contribution in [2.45, 2.75) is 217 Å². The Labute approximate surface area is 658 Å². The molecule has 0 aliphatic carbocycles. The van der Waals surface area contributed by atoms with Gasteiger partial charge in [0.1, 0.15) is 84.6 Å². The van der Waals surface area contributed by atoms with Crippen molar-refractivity contribution in [3.63, 3.8) is 0 Å². The molecule has 48 heteroatoms. The summed E-state index contributed by atoms with van der Waals surface area (Å²) in [6.07, 6.45) is -8.41. The third-order valence-corrected chi connectivity index (χ3v) is 21.0. The molecule has 3 aliphatic heterocycles. The molecule has 3 aliphatic rings. The molecule has 0 aromatic heterocycles. The van der Waals surface area contributed by atoms with E-state index in [9.17, 15) is 126 Å². The lowest BCUT2D eigenvalue weighted by molar-refractivity contribution is -0.143. The maximum absolute atomic E-state index is 14.9. The summed E-state index contributed by atoms with van der Waals surface area (Å²) in [6, 6.07) is -28.1. The minimum Gasteiger partial charge on any atom is -0.481 e. The first-order valence-electron chi connectivity index (χ1n) is 35.0. The van der Waals surface area contributed by atoms with Crippen LogP contribution in [0.3, 0.4) is 0 Å². The summed E-state index contributed by atoms with van der Waals surface area (Å²) in [5.41, 5.74) is 16.3. The predicted molar refractivity (Wildman–Crippen MR) is 400 cm³/mol. The summed E-state index contributed by atoms with van der Waals surface area (Å²) in [5.74, 6) is -33.2. The van der Waals surface area contributed by atoms with Crippen molar-refractivity contribution in [1.29, 1.82) is 0 Å². The summed E-state index contributed by atoms with van der Waals surface area (Å²) in [5, 5.41) is 85.2. The lowest BCUT2D eigenvalue weighted by Crippen LogP contribution is -2.62. The Kier molecular flexibility index (Phi) is 42.3. The smallest absolute Gasteiger partial charge is 0.326 e. The first-order chi connectivity index (χ1) is 52.1. The van der Waals surface area contributed by atoms with Gasteiger partial charge < -0.3 is 122 Å². The van der Waals surface area contributed by atoms with Crippen LogP contribution in [0.5, 0.6) is 0 Å². The molecule has 0 radical (unpaired) electrons. The van der Waals surface area contributed by atoms with Crippen molar-refractivity contribution < 1.29 is 126 Å². The molecule has 16 atom stereocenters. The third kappa shape index (κ3) is 35.7. The second-order valence-corrected chi connectivity index (χ2v) is 32.7. The minimum absolute atomic E-state index is 0.112. The zero-order valence-corrected chi connectivity index (χ0v) is 66.2. The van der Waals surface area contributed by atoms with Crippen LogP contribution < -0.4 is 97.0 Å². The number of carboxylic acids is 4. The molecule has 26 N–H and O–H groups in total. The maximum Gasteiger partial charge on any atom is 0.326 e. The van der Waals surface area contributed by atoms with Gasteiger partial charge in [-0.3, -0.25) is 95.9 Å². The Morgan fingerprint density at radius 1 is 0.464 bits per heavy atom. The molecule has 17 amide bonds. The minimum atomic E-state index is -2.32. The number of aliphatic hydroxyl groups is 1. The Hall–Kier alpha value is -9.81. The number of carboxylic acid groups (broad SMARTS) is 4. The van der Waals surface area contributed by atoms with Gasteiger partial charge >= 0.3 is 23.9 Å². The van der Waals surface area contributed by atoms with Crippen LogP contribution in [-0.4, -0.2) is 276 Å². The fourth-order valence-electron chi connectivity index (χ4n) is 10.2. The fourth-order valence-corrected chi connectivity index (χ4v) is 14.9. The number of hydrogen-bond donors (Lipinski definition) is 23. The molecule has 628 valence electrons. The summed E-state index contributed by atoms with van der Waals surface area (Å²) < 4.78 is 0. The van der Waals surface area contributed by atoms with Crippen molar-refractivity contribution in [1.82, 2.24) is 79.8 Å². The van der Waals surface area contributed by atoms with Gasteiger partial charge in [0.15, 0.2) is 0 Å². The van der Waals surface area contributed by atoms with Gasteiger partial charge in [-0.15, -0.1) is 0 Å². The van der Waals surface area contributed by atoms with Crippen LogP contribution >= 0.6 is 43.2 Å². The maximum atomic E-state index is 14.9. The second kappa shape index (κ2) is 48.2. The van der Waals surface area contributed by atoms with Crippen LogP contribution in [0, 0.1) is 23.7 Å². The average molecular weight is 1670 g/mol. The molecule has 112 heavy (non-hydrogen) atoms. The highest BCUT2D eigenvalue weighted by molar-refractivity contribution is 8.77. The van der Waals surface area contributed by atoms with E-state index in [0.29, 0.717) is 32.4 Å². The van der Waals surface area contributed by atoms with E-state index < -0.39 is 307 Å². The SMILES string of the molecule is CC(C)C[C@H](NC(=O)[C@@H]1CSSC[C@@H]2NC(=O)[C@H](CC(C)C)NC(=O)[C@H](CCC(=O)O)NC(=O)[C@@H](NC(=O)[C@H](CC(=O)O)NC(=O)[C@H](CC(=O)O)NC(=O)[C@@H](N)CC(N)=O)CSSC[C@H](NC(=O)[C@H](C)NC(=O)C(C(C)C)NC(=O)[C@H](CC(N)=O)NC(=O)[C@H](C(C)C)NC2=O)C(=O)N[C@@H]([C@@H](C)O)C(=O)NCC(=O)N1)C(=O)O. The number of fused-ring (bicyclic) bond motifs is 37. The molecule has 0 aromatic rings. The number of carbonyl (C=O) groups excluding carboxylic acids is 17. The number of rotatable bonds is 27. The molecule has 1 unspecified atom stereocenters. The van der Waals surface area contributed by atoms with Gasteiger partial charge in [0.05, 0.1) is 44.4 Å². The summed E-state index contributed by atoms with van der Waals surface area (Å²) >= 11 is 0. The van der Waals surface area contributed by atoms with E-state index in [4.69, 9.17) is 17.2 Å². The van der Waals surface area contributed by atoms with E-state index in [0.717, 1.165) is 24.6 Å². The fraction of sp³-hybridized carbons (Fsp3) is 0.672. The van der Waals surface area contributed by atoms with E-state index in [1.54, 1.807) is 27.7 Å². The largest absolute Gasteiger partial charge is 0.481 e. The molecule has 2 bridgehead atoms. The number of hydrogen-bond acceptors (Lipinski definition) is 27. The highest BCUT2D eigenvalue weighted by Crippen LogP contribution is 2.26. The third-order valence-electron chi connectivity index (χ3n) is 16.1. The Bertz CT molecular complexity index is 3470. The number of nitrogens with one attached hydrogen (secondary N) is 15. The van der Waals surface area contributed by atoms with Gasteiger partial charge in [-0.05, 0) is 56.8 Å². The van der Waals surface area contributed by atoms with Crippen molar-refractivity contribution in [2.75, 3.05) is 29.6 Å². The monoisotopic (exact) mass is 1670 g/mol. The zero-order chi connectivity index (χ0) is 85.3. The Morgan fingerprint density at radius 2 is 0.938 bits per heavy atom. The van der Waals surface area contributed by atoms with E-state index in [1.807, 2.05) is 10.6 Å². The summed E-state index contributed by atoms with van der Waals surface area (Å²) in [4.78, 5) is 287. The van der Waals surface area contributed by atoms with Crippen LogP contribution in [0.15, 0.2) is 0 Å². The van der Waals surface area contributed by atoms with Crippen molar-refractivity contribution in [3.05, 3.63) is 0 Å². The number of primary amides is 2. The molecule has 0 saturated carbocycles. The van der Waals surface area contributed by atoms with Gasteiger partial charge in [0, 0.05) is 29.4 Å². The quantitative estimate of drug-likeness (QED) is 0.0268. The van der Waals surface area contributed by atoms with Crippen molar-refractivity contribution in [2.24, 2.45) is 40.9 Å². The van der Waals surface area contributed by atoms with Gasteiger partial charge in [-0.25, -0.2) is 4.79 Å². The Balaban J connectivity index is 3.27. The van der Waals surface area contributed by atoms with Gasteiger partial charge in [0.2, 0.25) is 100 Å². The van der Waals surface area contributed by atoms with Gasteiger partial charge in [-0.2, -0.15) is 0 Å². The van der Waals surface area contributed by atoms with Crippen molar-refractivity contribution in [3.8, 4) is 0 Å². The van der Waals surface area contributed by atoms with E-state index >= 15 is 0 Å². The number of carbonyl (C=O) groups is 21. The molecular formula is C64H102N18O26S4. The molecular weight excluding hydrogens is 1570 g/mol. The summed E-state index contributed by atoms with van der Waals surface area (Å²) in [7, 11) is 2.53. The van der Waals surface area contributed by atoms with Crippen LogP contribution in [0.2, 0.25) is 0 Å². The van der Waals surface area contributed by atoms with Crippen LogP contribution in [0.1, 0.15) is 121 Å². The van der Waals surface area contributed by atoms with Gasteiger partial charge in [0.25, 0.3) is 0 Å². The number of amides is 17. The van der Waals surface area contributed by atoms with Gasteiger partial charge in [-0.1, -0.05) is 98.6 Å². The molecule has 3 heterocycles. The van der Waals surface area contributed by atoms with Crippen LogP contribution in [0.4, 0.5) is 0 Å². The zero-order valence-electron chi connectivity index (χ0n) is 62.9. The highest BCUT2D eigenvalue weighted by atomic mass is 33.1. The first-order valence-corrected chi connectivity index (χ1v) is 40.0. The molecule has 3 fully saturated rings. The molecule has 0 spiro atoms. The number of nitrogens with two attached hydrogens (primary N) is 3. The van der Waals surface area contributed by atoms with E-state index in [-0.39, 0.29) is 18.8 Å². The average Bonchev–Trinajstić information content (AvgIpc) is 0.815. The van der Waals surface area contributed by atoms with Crippen LogP contribution in [-0.2, 0) is 101 Å². The van der Waals surface area contributed by atoms with E-state index in [2.05, 4.69) is 69.1 Å². The van der Waals surface area contributed by atoms with Crippen LogP contribution in [0.25, 0.3) is 0 Å². The lowest BCUT2D eigenvalue weighted by Gasteiger charge is -2.29. The predicted octanol–water partition coefficient (Wildman–Crippen LogP) is -8.54. The molecule has 44 nitrogen and oxygen atoms in total. The summed E-state index contributed by atoms with van der Waals surface area (Å²) in [6.45, 7) is 13.3. The molecule has 3 rings (SSSR count). The Morgan fingerprint density at radius 3 is 1.44 bits per heavy atom. The first kappa shape index (κ1) is 98.3. The molecule has 3 saturated heterocycles. The highest BCUT2D eigenvalue weighted by Gasteiger charge is 2.41. The number of aliphatic hydroxyl groups excluding tert-OH is 1. The second-order valence-electron chi connectivity index (χ2n) is 27.6. The number of aliphatic carboxylic acids is 4.